The third-order valence-electron chi connectivity index (χ3n) is 4.72. The van der Waals surface area contributed by atoms with E-state index in [-0.39, 0.29) is 29.0 Å². The number of allylic oxidation sites excluding steroid dienone is 1. The largest absolute Gasteiger partial charge is 0.293 e. The number of hydrogen-bond acceptors (Lipinski definition) is 6. The molecule has 0 saturated carbocycles. The monoisotopic (exact) mass is 385 g/mol. The Morgan fingerprint density at radius 1 is 1.28 bits per heavy atom. The summed E-state index contributed by atoms with van der Waals surface area (Å²) in [5.41, 5.74) is 1.16. The van der Waals surface area contributed by atoms with Gasteiger partial charge in [-0.3, -0.25) is 9.88 Å². The van der Waals surface area contributed by atoms with Crippen molar-refractivity contribution in [3.63, 3.8) is 0 Å². The summed E-state index contributed by atoms with van der Waals surface area (Å²) in [5.74, 6) is -0.115. The van der Waals surface area contributed by atoms with Crippen molar-refractivity contribution in [2.75, 3.05) is 31.1 Å². The lowest BCUT2D eigenvalue weighted by Crippen LogP contribution is -2.60. The van der Waals surface area contributed by atoms with Gasteiger partial charge in [-0.1, -0.05) is 11.6 Å². The van der Waals surface area contributed by atoms with Crippen LogP contribution in [0.3, 0.4) is 0 Å². The van der Waals surface area contributed by atoms with Crippen LogP contribution in [0, 0.1) is 0 Å². The molecule has 0 N–H and O–H groups in total. The van der Waals surface area contributed by atoms with Gasteiger partial charge in [0.2, 0.25) is 10.0 Å². The Morgan fingerprint density at radius 2 is 2.00 bits per heavy atom. The fraction of sp³-hybridized carbons (Fsp3) is 0.562. The van der Waals surface area contributed by atoms with Crippen LogP contribution < -0.4 is 0 Å². The van der Waals surface area contributed by atoms with E-state index < -0.39 is 25.9 Å². The van der Waals surface area contributed by atoms with Crippen LogP contribution in [0.5, 0.6) is 0 Å². The maximum Gasteiger partial charge on any atom is 0.244 e. The Labute approximate surface area is 149 Å². The van der Waals surface area contributed by atoms with Gasteiger partial charge in [0, 0.05) is 38.1 Å². The molecule has 0 radical (unpaired) electrons. The molecule has 0 unspecified atom stereocenters. The number of rotatable bonds is 4. The molecule has 2 saturated heterocycles. The van der Waals surface area contributed by atoms with Gasteiger partial charge < -0.3 is 0 Å². The van der Waals surface area contributed by atoms with Crippen molar-refractivity contribution in [2.24, 2.45) is 0 Å². The van der Waals surface area contributed by atoms with Gasteiger partial charge in [0.15, 0.2) is 9.84 Å². The lowest BCUT2D eigenvalue weighted by atomic mass is 10.1. The fourth-order valence-electron chi connectivity index (χ4n) is 3.45. The number of aromatic nitrogens is 1. The first-order chi connectivity index (χ1) is 11.7. The van der Waals surface area contributed by atoms with Crippen LogP contribution in [0.2, 0.25) is 0 Å². The van der Waals surface area contributed by atoms with E-state index in [1.807, 2.05) is 19.9 Å². The van der Waals surface area contributed by atoms with Gasteiger partial charge in [-0.25, -0.2) is 16.8 Å². The number of pyridine rings is 1. The molecule has 7 nitrogen and oxygen atoms in total. The molecule has 3 rings (SSSR count). The van der Waals surface area contributed by atoms with Crippen molar-refractivity contribution < 1.29 is 16.8 Å². The molecule has 2 atom stereocenters. The molecule has 2 aliphatic rings. The fourth-order valence-corrected chi connectivity index (χ4v) is 7.17. The Bertz CT molecular complexity index is 862. The third-order valence-corrected chi connectivity index (χ3v) is 8.32. The summed E-state index contributed by atoms with van der Waals surface area (Å²) in [4.78, 5) is 6.07. The summed E-state index contributed by atoms with van der Waals surface area (Å²) in [6, 6.07) is 2.22. The van der Waals surface area contributed by atoms with Gasteiger partial charge in [-0.05, 0) is 26.0 Å². The number of sulfone groups is 1. The van der Waals surface area contributed by atoms with Gasteiger partial charge in [0.25, 0.3) is 0 Å². The van der Waals surface area contributed by atoms with Crippen LogP contribution in [0.25, 0.3) is 0 Å². The summed E-state index contributed by atoms with van der Waals surface area (Å²) >= 11 is 0. The summed E-state index contributed by atoms with van der Waals surface area (Å²) < 4.78 is 51.7. The van der Waals surface area contributed by atoms with Gasteiger partial charge in [-0.15, -0.1) is 0 Å². The molecule has 0 aliphatic carbocycles. The highest BCUT2D eigenvalue weighted by Crippen LogP contribution is 2.31. The normalized spacial score (nSPS) is 27.0. The molecule has 0 amide bonds. The zero-order valence-corrected chi connectivity index (χ0v) is 16.0. The highest BCUT2D eigenvalue weighted by Gasteiger charge is 2.50. The van der Waals surface area contributed by atoms with Crippen molar-refractivity contribution in [2.45, 2.75) is 30.8 Å². The maximum absolute atomic E-state index is 13.0. The van der Waals surface area contributed by atoms with E-state index in [1.54, 1.807) is 6.07 Å². The second kappa shape index (κ2) is 6.79. The minimum atomic E-state index is -3.76. The lowest BCUT2D eigenvalue weighted by molar-refractivity contribution is 0.107. The topological polar surface area (TPSA) is 87.7 Å². The van der Waals surface area contributed by atoms with E-state index in [0.29, 0.717) is 13.1 Å². The number of fused-ring (bicyclic) bond motifs is 1. The Hall–Kier alpha value is -1.29. The average molecular weight is 386 g/mol. The van der Waals surface area contributed by atoms with Crippen LogP contribution in [-0.4, -0.2) is 74.2 Å². The van der Waals surface area contributed by atoms with Gasteiger partial charge >= 0.3 is 0 Å². The van der Waals surface area contributed by atoms with E-state index in [1.165, 1.54) is 22.8 Å². The Balaban J connectivity index is 1.92. The molecule has 0 aromatic carbocycles. The molecular weight excluding hydrogens is 362 g/mol. The summed E-state index contributed by atoms with van der Waals surface area (Å²) in [6.45, 7) is 5.42. The van der Waals surface area contributed by atoms with Crippen LogP contribution >= 0.6 is 0 Å². The average Bonchev–Trinajstić information content (AvgIpc) is 2.88. The van der Waals surface area contributed by atoms with Gasteiger partial charge in [0.1, 0.15) is 4.90 Å². The molecule has 2 aliphatic heterocycles. The van der Waals surface area contributed by atoms with Crippen molar-refractivity contribution in [1.29, 1.82) is 0 Å². The molecule has 0 bridgehead atoms. The summed E-state index contributed by atoms with van der Waals surface area (Å²) in [7, 11) is -7.02. The quantitative estimate of drug-likeness (QED) is 0.702. The highest BCUT2D eigenvalue weighted by molar-refractivity contribution is 7.92. The molecule has 138 valence electrons. The second-order valence-electron chi connectivity index (χ2n) is 6.79. The zero-order valence-electron chi connectivity index (χ0n) is 14.4. The van der Waals surface area contributed by atoms with Gasteiger partial charge in [0.05, 0.1) is 17.5 Å². The molecule has 25 heavy (non-hydrogen) atoms. The molecule has 0 spiro atoms. The number of sulfonamides is 1. The molecule has 3 heterocycles. The molecule has 2 fully saturated rings. The van der Waals surface area contributed by atoms with E-state index >= 15 is 0 Å². The first-order valence-corrected chi connectivity index (χ1v) is 11.5. The van der Waals surface area contributed by atoms with Gasteiger partial charge in [-0.2, -0.15) is 4.31 Å². The summed E-state index contributed by atoms with van der Waals surface area (Å²) in [6.07, 6.45) is 4.87. The minimum Gasteiger partial charge on any atom is -0.293 e. The molecule has 1 aromatic rings. The SMILES string of the molecule is CC(C)=CCN1CCN(S(=O)(=O)c2cccnc2)[C@@H]2CS(=O)(=O)C[C@@H]21. The smallest absolute Gasteiger partial charge is 0.244 e. The Morgan fingerprint density at radius 3 is 2.64 bits per heavy atom. The molecule has 9 heteroatoms. The van der Waals surface area contributed by atoms with E-state index in [4.69, 9.17) is 0 Å². The van der Waals surface area contributed by atoms with E-state index in [9.17, 15) is 16.8 Å². The predicted molar refractivity (Wildman–Crippen MR) is 95.4 cm³/mol. The van der Waals surface area contributed by atoms with Crippen molar-refractivity contribution in [1.82, 2.24) is 14.2 Å². The van der Waals surface area contributed by atoms with Crippen molar-refractivity contribution in [3.8, 4) is 0 Å². The van der Waals surface area contributed by atoms with Crippen LogP contribution in [-0.2, 0) is 19.9 Å². The van der Waals surface area contributed by atoms with Crippen molar-refractivity contribution >= 4 is 19.9 Å². The molecule has 1 aromatic heterocycles. The predicted octanol–water partition coefficient (Wildman–Crippen LogP) is 0.520. The summed E-state index contributed by atoms with van der Waals surface area (Å²) in [5, 5.41) is 0. The van der Waals surface area contributed by atoms with E-state index in [2.05, 4.69) is 9.88 Å². The minimum absolute atomic E-state index is 0.00727. The number of hydrogen-bond donors (Lipinski definition) is 0. The maximum atomic E-state index is 13.0. The third kappa shape index (κ3) is 3.79. The zero-order chi connectivity index (χ0) is 18.2. The van der Waals surface area contributed by atoms with Crippen LogP contribution in [0.4, 0.5) is 0 Å². The standard InChI is InChI=1S/C16H23N3O4S2/c1-13(2)5-7-18-8-9-19(16-12-24(20,21)11-15(16)18)25(22,23)14-4-3-6-17-10-14/h3-6,10,15-16H,7-9,11-12H2,1-2H3/t15-,16+/m0/s1. The molecular formula is C16H23N3O4S2. The highest BCUT2D eigenvalue weighted by atomic mass is 32.2. The van der Waals surface area contributed by atoms with Crippen LogP contribution in [0.15, 0.2) is 41.1 Å². The van der Waals surface area contributed by atoms with Crippen LogP contribution in [0.1, 0.15) is 13.8 Å². The second-order valence-corrected chi connectivity index (χ2v) is 10.8. The number of piperazine rings is 1. The Kier molecular flexibility index (Phi) is 5.02. The first-order valence-electron chi connectivity index (χ1n) is 8.20. The van der Waals surface area contributed by atoms with E-state index in [0.717, 1.165) is 5.57 Å². The lowest BCUT2D eigenvalue weighted by Gasteiger charge is -2.42. The first kappa shape index (κ1) is 18.5. The van der Waals surface area contributed by atoms with Crippen molar-refractivity contribution in [3.05, 3.63) is 36.2 Å². The number of nitrogens with zero attached hydrogens (tertiary/aromatic N) is 3.